The number of morpholine rings is 1. The Labute approximate surface area is 488 Å². The summed E-state index contributed by atoms with van der Waals surface area (Å²) in [6.07, 6.45) is 3.69. The summed E-state index contributed by atoms with van der Waals surface area (Å²) in [7, 11) is -4.50. The third-order valence-electron chi connectivity index (χ3n) is 9.58. The van der Waals surface area contributed by atoms with Crippen LogP contribution in [0.4, 0.5) is 4.39 Å². The number of nitrogens with two attached hydrogens (primary N) is 1. The molecule has 1 aromatic heterocycles. The molecule has 2 fully saturated rings. The number of carbonyl (C=O) groups is 11. The Morgan fingerprint density at radius 1 is 0.705 bits per heavy atom. The van der Waals surface area contributed by atoms with E-state index in [2.05, 4.69) is 21.4 Å². The summed E-state index contributed by atoms with van der Waals surface area (Å²) in [5.41, 5.74) is 3.62. The second kappa shape index (κ2) is 47.5. The van der Waals surface area contributed by atoms with Gasteiger partial charge in [0.2, 0.25) is 23.1 Å². The Balaban J connectivity index is -0.000000193. The zero-order valence-corrected chi connectivity index (χ0v) is 52.4. The van der Waals surface area contributed by atoms with E-state index in [4.69, 9.17) is 26.6 Å². The SMILES string of the molecule is CC(C)C(=O)C(=O)N1CCOCC1.CC(C)C(=O)C(=O)NC1CC1.CC(C)C(=O)C(=O)NCc1ccccn1.CC(C)C(=O)C(N)=O.CC(C)C(=O)CCl.CC(C)C(=O)CF.CC(C)C(=O)CO.CC(C)C(O)S(=O)(=O)[O-].[Na+]. The number of alkyl halides is 2. The molecule has 26 heteroatoms. The minimum Gasteiger partial charge on any atom is -0.746 e. The summed E-state index contributed by atoms with van der Waals surface area (Å²) in [6, 6.07) is 5.70. The van der Waals surface area contributed by atoms with Gasteiger partial charge in [-0.1, -0.05) is 117 Å². The summed E-state index contributed by atoms with van der Waals surface area (Å²) in [5, 5.41) is 21.9. The van der Waals surface area contributed by atoms with Crippen LogP contribution >= 0.6 is 11.6 Å². The van der Waals surface area contributed by atoms with Crippen molar-refractivity contribution >= 4 is 85.8 Å². The molecule has 1 aliphatic heterocycles. The second-order valence-corrected chi connectivity index (χ2v) is 21.2. The van der Waals surface area contributed by atoms with Gasteiger partial charge in [-0.3, -0.25) is 57.7 Å². The number of aromatic nitrogens is 1. The van der Waals surface area contributed by atoms with Crippen LogP contribution in [0.3, 0.4) is 0 Å². The molecule has 3 rings (SSSR count). The van der Waals surface area contributed by atoms with Crippen LogP contribution in [0, 0.1) is 47.3 Å². The van der Waals surface area contributed by atoms with Crippen LogP contribution in [-0.4, -0.2) is 154 Å². The predicted molar refractivity (Wildman–Crippen MR) is 287 cm³/mol. The van der Waals surface area contributed by atoms with Gasteiger partial charge in [0.1, 0.15) is 34.6 Å². The molecule has 1 saturated carbocycles. The first-order chi connectivity index (χ1) is 35.3. The molecule has 0 bridgehead atoms. The van der Waals surface area contributed by atoms with Gasteiger partial charge < -0.3 is 40.8 Å². The molecular weight excluding hydrogens is 1080 g/mol. The Morgan fingerprint density at radius 3 is 1.36 bits per heavy atom. The molecule has 1 atom stereocenters. The first-order valence-corrected chi connectivity index (χ1v) is 27.1. The van der Waals surface area contributed by atoms with Crippen LogP contribution in [0.25, 0.3) is 0 Å². The van der Waals surface area contributed by atoms with E-state index >= 15 is 0 Å². The molecule has 1 aromatic rings. The minimum atomic E-state index is -4.50. The molecule has 2 aliphatic rings. The number of nitrogens with one attached hydrogen (secondary N) is 2. The average molecular weight is 1160 g/mol. The van der Waals surface area contributed by atoms with Gasteiger partial charge in [-0.2, -0.15) is 0 Å². The fraction of sp³-hybridized carbons (Fsp3) is 0.692. The molecule has 444 valence electrons. The fourth-order valence-electron chi connectivity index (χ4n) is 4.05. The Bertz CT molecular complexity index is 2040. The Hall–Kier alpha value is -4.27. The van der Waals surface area contributed by atoms with Crippen LogP contribution in [-0.2, 0) is 74.1 Å². The third-order valence-corrected chi connectivity index (χ3v) is 11.0. The van der Waals surface area contributed by atoms with Crippen LogP contribution < -0.4 is 45.9 Å². The number of carbonyl (C=O) groups excluding carboxylic acids is 11. The fourth-order valence-corrected chi connectivity index (χ4v) is 5.02. The molecule has 2 heterocycles. The Morgan fingerprint density at radius 2 is 1.13 bits per heavy atom. The van der Waals surface area contributed by atoms with Gasteiger partial charge in [0, 0.05) is 66.8 Å². The zero-order chi connectivity index (χ0) is 61.5. The van der Waals surface area contributed by atoms with Gasteiger partial charge in [0.05, 0.1) is 31.3 Å². The standard InChI is InChI=1S/C11H14N2O2.C9H15NO3.C8H13NO2.C5H9ClO.C5H9FO.C5H9NO2.C5H10O2.C4H10O4S.Na/c1-8(2)10(14)11(15)13-7-9-5-3-4-6-12-9;1-7(2)8(11)9(12)10-3-5-13-6-4-10;1-5(2)7(10)8(11)9-6-3-4-6;2*1-4(2)5(7)3-6;1-3(2)4(7)5(6)8;1-4(2)5(7)3-6;1-3(2)4(5)9(6,7)8;/h3-6,8H,7H2,1-2H3,(H,13,15);7H,3-6H2,1-2H3;5-6H,3-4H2,1-2H3,(H,9,11);2*4H,3H2,1-2H3;3H,1-2H3,(H2,6,8);4,6H,3H2,1-2H3;3-5H,1-2H3,(H,6,7,8);/q;;;;;;;;+1/p-1. The number of Topliss-reactive ketones (excluding diaryl/α,β-unsaturated/α-hetero) is 7. The largest absolute Gasteiger partial charge is 1.00 e. The topological polar surface area (TPSA) is 361 Å². The summed E-state index contributed by atoms with van der Waals surface area (Å²) >= 11 is 5.20. The summed E-state index contributed by atoms with van der Waals surface area (Å²) in [5.74, 6) is -5.39. The van der Waals surface area contributed by atoms with Gasteiger partial charge in [0.25, 0.3) is 23.6 Å². The normalized spacial score (nSPS) is 12.7. The van der Waals surface area contributed by atoms with Crippen molar-refractivity contribution in [2.45, 2.75) is 142 Å². The maximum Gasteiger partial charge on any atom is 1.00 e. The third kappa shape index (κ3) is 46.6. The van der Waals surface area contributed by atoms with Gasteiger partial charge in [-0.05, 0) is 30.9 Å². The van der Waals surface area contributed by atoms with E-state index in [1.807, 2.05) is 19.9 Å². The molecule has 78 heavy (non-hydrogen) atoms. The number of halogens is 2. The van der Waals surface area contributed by atoms with E-state index in [-0.39, 0.29) is 131 Å². The van der Waals surface area contributed by atoms with Crippen molar-refractivity contribution in [1.29, 1.82) is 0 Å². The second-order valence-electron chi connectivity index (χ2n) is 19.5. The molecule has 1 unspecified atom stereocenters. The number of amides is 4. The van der Waals surface area contributed by atoms with Crippen LogP contribution in [0.1, 0.15) is 129 Å². The van der Waals surface area contributed by atoms with E-state index in [0.29, 0.717) is 26.3 Å². The maximum atomic E-state index is 11.5. The van der Waals surface area contributed by atoms with E-state index in [1.54, 1.807) is 106 Å². The summed E-state index contributed by atoms with van der Waals surface area (Å²) in [6.45, 7) is 28.4. The van der Waals surface area contributed by atoms with Crippen molar-refractivity contribution in [3.05, 3.63) is 30.1 Å². The number of pyridine rings is 1. The molecule has 6 N–H and O–H groups in total. The molecule has 1 saturated heterocycles. The van der Waals surface area contributed by atoms with Crippen molar-refractivity contribution < 1.29 is 115 Å². The van der Waals surface area contributed by atoms with Crippen molar-refractivity contribution in [2.75, 3.05) is 45.5 Å². The first kappa shape index (κ1) is 85.0. The molecule has 22 nitrogen and oxygen atoms in total. The van der Waals surface area contributed by atoms with Crippen LogP contribution in [0.5, 0.6) is 0 Å². The molecule has 0 aromatic carbocycles. The van der Waals surface area contributed by atoms with E-state index in [9.17, 15) is 70.1 Å². The van der Waals surface area contributed by atoms with Crippen molar-refractivity contribution in [3.63, 3.8) is 0 Å². The number of primary amides is 1. The predicted octanol–water partition coefficient (Wildman–Crippen LogP) is 0.525. The van der Waals surface area contributed by atoms with E-state index in [0.717, 1.165) is 18.5 Å². The van der Waals surface area contributed by atoms with Crippen molar-refractivity contribution in [3.8, 4) is 0 Å². The van der Waals surface area contributed by atoms with Gasteiger partial charge >= 0.3 is 29.6 Å². The number of ketones is 7. The summed E-state index contributed by atoms with van der Waals surface area (Å²) in [4.78, 5) is 124. The minimum absolute atomic E-state index is 0. The van der Waals surface area contributed by atoms with Gasteiger partial charge in [-0.15, -0.1) is 11.6 Å². The molecule has 0 spiro atoms. The molecule has 0 radical (unpaired) electrons. The number of aliphatic hydroxyl groups excluding tert-OH is 2. The van der Waals surface area contributed by atoms with Crippen LogP contribution in [0.2, 0.25) is 0 Å². The molecular formula is C52H88ClFN5NaO17S. The number of nitrogens with zero attached hydrogens (tertiary/aromatic N) is 2. The van der Waals surface area contributed by atoms with Gasteiger partial charge in [0.15, 0.2) is 11.6 Å². The van der Waals surface area contributed by atoms with E-state index in [1.165, 1.54) is 13.8 Å². The zero-order valence-electron chi connectivity index (χ0n) is 48.8. The average Bonchev–Trinajstić information content (AvgIpc) is 4.20. The van der Waals surface area contributed by atoms with Gasteiger partial charge in [-0.25, -0.2) is 12.8 Å². The number of hydrogen-bond donors (Lipinski definition) is 5. The van der Waals surface area contributed by atoms with Crippen molar-refractivity contribution in [1.82, 2.24) is 20.5 Å². The van der Waals surface area contributed by atoms with Crippen molar-refractivity contribution in [2.24, 2.45) is 53.1 Å². The number of aliphatic hydroxyl groups is 2. The number of rotatable bonds is 19. The molecule has 1 aliphatic carbocycles. The van der Waals surface area contributed by atoms with E-state index < -0.39 is 57.4 Å². The number of hydrogen-bond acceptors (Lipinski definition) is 18. The number of ether oxygens (including phenoxy) is 1. The first-order valence-electron chi connectivity index (χ1n) is 25.0. The smallest absolute Gasteiger partial charge is 0.746 e. The maximum absolute atomic E-state index is 11.5. The summed E-state index contributed by atoms with van der Waals surface area (Å²) < 4.78 is 46.3. The van der Waals surface area contributed by atoms with Crippen LogP contribution in [0.15, 0.2) is 24.4 Å². The molecule has 4 amide bonds. The quantitative estimate of drug-likeness (QED) is 0.0546. The Kier molecular flexibility index (Phi) is 51.8. The monoisotopic (exact) mass is 1160 g/mol.